The fourth-order valence-electron chi connectivity index (χ4n) is 5.01. The van der Waals surface area contributed by atoms with E-state index in [4.69, 9.17) is 4.74 Å². The van der Waals surface area contributed by atoms with Gasteiger partial charge in [0.15, 0.2) is 28.1 Å². The van der Waals surface area contributed by atoms with Gasteiger partial charge in [-0.3, -0.25) is 9.59 Å². The number of aryl methyl sites for hydroxylation is 1. The van der Waals surface area contributed by atoms with Crippen LogP contribution in [0.25, 0.3) is 5.82 Å². The van der Waals surface area contributed by atoms with Gasteiger partial charge in [0.1, 0.15) is 28.7 Å². The van der Waals surface area contributed by atoms with Crippen LogP contribution < -0.4 is 15.4 Å². The smallest absolute Gasteiger partial charge is 0.422 e. The van der Waals surface area contributed by atoms with Crippen LogP contribution >= 0.6 is 0 Å². The summed E-state index contributed by atoms with van der Waals surface area (Å²) in [7, 11) is -3.74. The highest BCUT2D eigenvalue weighted by Crippen LogP contribution is 2.46. The van der Waals surface area contributed by atoms with Gasteiger partial charge in [0, 0.05) is 24.3 Å². The number of nitrogens with zero attached hydrogens (tertiary/aromatic N) is 3. The van der Waals surface area contributed by atoms with E-state index in [2.05, 4.69) is 20.7 Å². The van der Waals surface area contributed by atoms with Gasteiger partial charge < -0.3 is 15.4 Å². The molecule has 1 aromatic carbocycles. The molecule has 0 radical (unpaired) electrons. The summed E-state index contributed by atoms with van der Waals surface area (Å²) in [5, 5.41) is 9.50. The van der Waals surface area contributed by atoms with Crippen molar-refractivity contribution >= 4 is 27.5 Å². The molecule has 16 heteroatoms. The number of fused-ring (bicyclic) bond motifs is 3. The lowest BCUT2D eigenvalue weighted by Crippen LogP contribution is -2.50. The summed E-state index contributed by atoms with van der Waals surface area (Å²) in [4.78, 5) is 29.8. The fraction of sp³-hybridized carbons (Fsp3) is 0.333. The molecule has 0 saturated carbocycles. The number of nitrogens with one attached hydrogen (secondary N) is 2. The molecule has 3 heterocycles. The van der Waals surface area contributed by atoms with Gasteiger partial charge in [-0.25, -0.2) is 22.2 Å². The second-order valence-electron chi connectivity index (χ2n) is 9.59. The monoisotopic (exact) mass is 585 g/mol. The Balaban J connectivity index is 1.55. The van der Waals surface area contributed by atoms with Crippen molar-refractivity contribution in [2.45, 2.75) is 31.0 Å². The molecule has 3 aromatic rings. The van der Waals surface area contributed by atoms with Crippen LogP contribution in [-0.2, 0) is 33.0 Å². The van der Waals surface area contributed by atoms with Gasteiger partial charge in [0.05, 0.1) is 17.4 Å². The van der Waals surface area contributed by atoms with Crippen LogP contribution in [0.15, 0.2) is 30.5 Å². The number of sulfone groups is 1. The van der Waals surface area contributed by atoms with Crippen molar-refractivity contribution in [1.82, 2.24) is 20.1 Å². The Labute approximate surface area is 223 Å². The zero-order valence-electron chi connectivity index (χ0n) is 20.6. The lowest BCUT2D eigenvalue weighted by atomic mass is 9.82. The molecule has 2 aliphatic rings. The first-order valence-corrected chi connectivity index (χ1v) is 13.8. The summed E-state index contributed by atoms with van der Waals surface area (Å²) in [5.41, 5.74) is -0.910. The van der Waals surface area contributed by atoms with Gasteiger partial charge in [-0.15, -0.1) is 0 Å². The Morgan fingerprint density at radius 2 is 2.00 bits per heavy atom. The Hall–Kier alpha value is -4.08. The molecular formula is C24H20F5N5O5S. The lowest BCUT2D eigenvalue weighted by molar-refractivity contribution is -0.153. The van der Waals surface area contributed by atoms with Crippen LogP contribution in [0.3, 0.4) is 0 Å². The maximum atomic E-state index is 15.3. The molecule has 2 aromatic heterocycles. The van der Waals surface area contributed by atoms with Crippen LogP contribution in [0.1, 0.15) is 33.6 Å². The first-order valence-electron chi connectivity index (χ1n) is 11.7. The van der Waals surface area contributed by atoms with Crippen molar-refractivity contribution in [3.8, 4) is 11.6 Å². The van der Waals surface area contributed by atoms with E-state index < -0.39 is 57.4 Å². The van der Waals surface area contributed by atoms with E-state index in [1.54, 1.807) is 0 Å². The van der Waals surface area contributed by atoms with Gasteiger partial charge in [-0.05, 0) is 36.6 Å². The number of pyridine rings is 1. The molecule has 0 fully saturated rings. The standard InChI is InChI=1S/C24H20F5N5O5S/c1-40(37,38)10-18(35)31-21-19-16(33-34(21)17-3-2-13(25)9-30-17)8-23(32-22(19)36)5-4-12-6-14(7-15(26)20(12)23)39-11-24(27,28)29/h2-3,6-7,9H,4-5,8,10-11H2,1H3,(H,31,35)(H,32,36)/t23-/m1/s1. The first kappa shape index (κ1) is 27.5. The number of carbonyl (C=O) groups excluding carboxylic acids is 2. The Bertz CT molecular complexity index is 1640. The normalized spacial score (nSPS) is 18.3. The van der Waals surface area contributed by atoms with Crippen LogP contribution in [0, 0.1) is 11.6 Å². The highest BCUT2D eigenvalue weighted by atomic mass is 32.2. The zero-order valence-corrected chi connectivity index (χ0v) is 21.4. The largest absolute Gasteiger partial charge is 0.484 e. The van der Waals surface area contributed by atoms with E-state index in [0.717, 1.165) is 29.3 Å². The average Bonchev–Trinajstić information content (AvgIpc) is 3.35. The third-order valence-corrected chi connectivity index (χ3v) is 7.22. The zero-order chi connectivity index (χ0) is 29.0. The number of alkyl halides is 3. The number of amides is 2. The summed E-state index contributed by atoms with van der Waals surface area (Å²) in [6, 6.07) is 4.39. The topological polar surface area (TPSA) is 132 Å². The number of aromatic nitrogens is 3. The van der Waals surface area contributed by atoms with Gasteiger partial charge in [0.25, 0.3) is 5.91 Å². The molecule has 10 nitrogen and oxygen atoms in total. The Morgan fingerprint density at radius 3 is 2.65 bits per heavy atom. The van der Waals surface area contributed by atoms with E-state index in [1.807, 2.05) is 0 Å². The van der Waals surface area contributed by atoms with Crippen molar-refractivity contribution in [2.75, 3.05) is 23.9 Å². The fourth-order valence-corrected chi connectivity index (χ4v) is 5.56. The number of benzene rings is 1. The van der Waals surface area contributed by atoms with Crippen molar-refractivity contribution in [3.05, 3.63) is 64.5 Å². The summed E-state index contributed by atoms with van der Waals surface area (Å²) in [6.07, 6.45) is -2.57. The molecule has 1 aliphatic carbocycles. The number of hydrogen-bond donors (Lipinski definition) is 2. The van der Waals surface area contributed by atoms with E-state index in [0.29, 0.717) is 5.56 Å². The number of ether oxygens (including phenoxy) is 1. The summed E-state index contributed by atoms with van der Waals surface area (Å²) in [5.74, 6) is -4.71. The number of rotatable bonds is 6. The van der Waals surface area contributed by atoms with Crippen molar-refractivity contribution in [2.24, 2.45) is 0 Å². The number of carbonyl (C=O) groups is 2. The third kappa shape index (κ3) is 5.35. The van der Waals surface area contributed by atoms with Crippen molar-refractivity contribution in [1.29, 1.82) is 0 Å². The molecule has 1 aliphatic heterocycles. The molecule has 0 bridgehead atoms. The molecule has 0 saturated heterocycles. The SMILES string of the molecule is CS(=O)(=O)CC(=O)Nc1c2c(nn1-c1ccc(F)cn1)C[C@@]1(CCc3cc(OCC(F)(F)F)cc(F)c31)NC2=O. The van der Waals surface area contributed by atoms with Gasteiger partial charge in [0.2, 0.25) is 5.91 Å². The van der Waals surface area contributed by atoms with E-state index >= 15 is 4.39 Å². The van der Waals surface area contributed by atoms with E-state index in [9.17, 15) is 35.6 Å². The summed E-state index contributed by atoms with van der Waals surface area (Å²) < 4.78 is 95.5. The van der Waals surface area contributed by atoms with E-state index in [1.165, 1.54) is 12.1 Å². The second kappa shape index (κ2) is 9.53. The maximum absolute atomic E-state index is 15.3. The lowest BCUT2D eigenvalue weighted by Gasteiger charge is -2.35. The summed E-state index contributed by atoms with van der Waals surface area (Å²) in [6.45, 7) is -1.60. The molecular weight excluding hydrogens is 565 g/mol. The first-order chi connectivity index (χ1) is 18.6. The third-order valence-electron chi connectivity index (χ3n) is 6.43. The minimum absolute atomic E-state index is 0.00300. The van der Waals surface area contributed by atoms with Gasteiger partial charge in [-0.2, -0.15) is 23.0 Å². The average molecular weight is 586 g/mol. The van der Waals surface area contributed by atoms with E-state index in [-0.39, 0.29) is 53.5 Å². The molecule has 0 unspecified atom stereocenters. The molecule has 1 spiro atoms. The Morgan fingerprint density at radius 1 is 1.25 bits per heavy atom. The highest BCUT2D eigenvalue weighted by Gasteiger charge is 2.48. The molecule has 212 valence electrons. The summed E-state index contributed by atoms with van der Waals surface area (Å²) >= 11 is 0. The molecule has 5 rings (SSSR count). The highest BCUT2D eigenvalue weighted by molar-refractivity contribution is 7.91. The minimum atomic E-state index is -4.61. The second-order valence-corrected chi connectivity index (χ2v) is 11.7. The van der Waals surface area contributed by atoms with Crippen LogP contribution in [0.5, 0.6) is 5.75 Å². The van der Waals surface area contributed by atoms with Crippen molar-refractivity contribution < 1.29 is 44.7 Å². The molecule has 1 atom stereocenters. The van der Waals surface area contributed by atoms with Crippen molar-refractivity contribution in [3.63, 3.8) is 0 Å². The number of halogens is 5. The van der Waals surface area contributed by atoms with Crippen LogP contribution in [-0.4, -0.2) is 59.8 Å². The molecule has 40 heavy (non-hydrogen) atoms. The quantitative estimate of drug-likeness (QED) is 0.425. The molecule has 2 N–H and O–H groups in total. The minimum Gasteiger partial charge on any atom is -0.484 e. The number of hydrogen-bond acceptors (Lipinski definition) is 7. The van der Waals surface area contributed by atoms with Crippen LogP contribution in [0.4, 0.5) is 27.8 Å². The maximum Gasteiger partial charge on any atom is 0.422 e. The number of anilines is 1. The predicted molar refractivity (Wildman–Crippen MR) is 129 cm³/mol. The van der Waals surface area contributed by atoms with Crippen LogP contribution in [0.2, 0.25) is 0 Å². The van der Waals surface area contributed by atoms with Gasteiger partial charge >= 0.3 is 6.18 Å². The predicted octanol–water partition coefficient (Wildman–Crippen LogP) is 2.60. The Kier molecular flexibility index (Phi) is 6.55. The van der Waals surface area contributed by atoms with Gasteiger partial charge in [-0.1, -0.05) is 0 Å². The molecule has 2 amide bonds.